The Balaban J connectivity index is -0.000000321. The lowest BCUT2D eigenvalue weighted by Crippen LogP contribution is -2.05. The summed E-state index contributed by atoms with van der Waals surface area (Å²) in [6, 6.07) is 0. The predicted octanol–water partition coefficient (Wildman–Crippen LogP) is 2.06. The van der Waals surface area contributed by atoms with Crippen LogP contribution in [0, 0.1) is 5.41 Å². The molecule has 0 saturated carbocycles. The number of nitrogens with zero attached hydrogens (tertiary/aromatic N) is 1. The van der Waals surface area contributed by atoms with Crippen molar-refractivity contribution in [3.05, 3.63) is 0 Å². The van der Waals surface area contributed by atoms with Crippen LogP contribution in [0.2, 0.25) is 0 Å². The minimum atomic E-state index is -0.217. The normalized spacial score (nSPS) is 8.61. The molecule has 0 unspecified atom stereocenters. The number of hydrogen-bond donors (Lipinski definition) is 1. The van der Waals surface area contributed by atoms with E-state index in [1.807, 2.05) is 13.8 Å². The maximum Gasteiger partial charge on any atom is 0.307 e. The summed E-state index contributed by atoms with van der Waals surface area (Å²) in [5.41, 5.74) is 0. The molecule has 0 radical (unpaired) electrons. The molecule has 0 atom stereocenters. The first-order valence-corrected chi connectivity index (χ1v) is 5.58. The quantitative estimate of drug-likeness (QED) is 0.420. The van der Waals surface area contributed by atoms with Crippen molar-refractivity contribution in [3.8, 4) is 0 Å². The lowest BCUT2D eigenvalue weighted by molar-refractivity contribution is -0.142. The van der Waals surface area contributed by atoms with Gasteiger partial charge in [-0.25, -0.2) is 0 Å². The first kappa shape index (κ1) is 21.9. The number of carbonyl (C=O) groups excluding carboxylic acids is 1. The molecule has 0 aliphatic carbocycles. The van der Waals surface area contributed by atoms with Crippen molar-refractivity contribution in [2.75, 3.05) is 26.4 Å². The molecule has 0 fully saturated rings. The van der Waals surface area contributed by atoms with Gasteiger partial charge in [-0.2, -0.15) is 0 Å². The van der Waals surface area contributed by atoms with E-state index in [1.54, 1.807) is 6.92 Å². The van der Waals surface area contributed by atoms with Gasteiger partial charge in [0, 0.05) is 0 Å². The number of esters is 1. The smallest absolute Gasteiger partial charge is 0.307 e. The Bertz CT molecular complexity index is 213. The van der Waals surface area contributed by atoms with Crippen molar-refractivity contribution in [2.24, 2.45) is 4.99 Å². The Labute approximate surface area is 115 Å². The van der Waals surface area contributed by atoms with Gasteiger partial charge >= 0.3 is 5.97 Å². The highest BCUT2D eigenvalue weighted by molar-refractivity contribution is 5.85. The second-order valence-corrected chi connectivity index (χ2v) is 2.60. The van der Waals surface area contributed by atoms with Gasteiger partial charge in [0.15, 0.2) is 12.8 Å². The van der Waals surface area contributed by atoms with Gasteiger partial charge in [0.05, 0.1) is 32.8 Å². The third kappa shape index (κ3) is 24.1. The zero-order chi connectivity index (χ0) is 13.4. The molecule has 0 saturated heterocycles. The third-order valence-electron chi connectivity index (χ3n) is 1.32. The van der Waals surface area contributed by atoms with Crippen molar-refractivity contribution in [1.82, 2.24) is 0 Å². The van der Waals surface area contributed by atoms with Gasteiger partial charge in [0.1, 0.15) is 0 Å². The Morgan fingerprint density at radius 2 is 1.78 bits per heavy atom. The van der Waals surface area contributed by atoms with Crippen LogP contribution >= 0.6 is 12.4 Å². The predicted molar refractivity (Wildman–Crippen MR) is 73.9 cm³/mol. The van der Waals surface area contributed by atoms with Crippen LogP contribution in [-0.2, 0) is 19.0 Å². The molecule has 7 heteroatoms. The van der Waals surface area contributed by atoms with Crippen molar-refractivity contribution in [2.45, 2.75) is 27.2 Å². The summed E-state index contributed by atoms with van der Waals surface area (Å²) in [4.78, 5) is 14.6. The molecule has 0 rings (SSSR count). The summed E-state index contributed by atoms with van der Waals surface area (Å²) in [5, 5.41) is 6.26. The highest BCUT2D eigenvalue weighted by atomic mass is 35.5. The van der Waals surface area contributed by atoms with Crippen LogP contribution in [0.15, 0.2) is 4.99 Å². The zero-order valence-electron chi connectivity index (χ0n) is 11.2. The van der Waals surface area contributed by atoms with Gasteiger partial charge in [0.25, 0.3) is 0 Å². The average Bonchev–Trinajstić information content (AvgIpc) is 2.31. The minimum Gasteiger partial charge on any atom is -0.484 e. The fourth-order valence-corrected chi connectivity index (χ4v) is 0.652. The number of nitrogens with one attached hydrogen (secondary N) is 1. The van der Waals surface area contributed by atoms with Crippen LogP contribution in [-0.4, -0.2) is 45.1 Å². The molecule has 0 aromatic heterocycles. The van der Waals surface area contributed by atoms with Crippen molar-refractivity contribution in [1.29, 1.82) is 5.41 Å². The summed E-state index contributed by atoms with van der Waals surface area (Å²) < 4.78 is 13.9. The highest BCUT2D eigenvalue weighted by Crippen LogP contribution is 1.86. The fraction of sp³-hybridized carbons (Fsp3) is 0.727. The van der Waals surface area contributed by atoms with Crippen LogP contribution in [0.25, 0.3) is 0 Å². The van der Waals surface area contributed by atoms with Crippen LogP contribution < -0.4 is 0 Å². The maximum absolute atomic E-state index is 10.7. The highest BCUT2D eigenvalue weighted by Gasteiger charge is 1.97. The first-order valence-electron chi connectivity index (χ1n) is 5.58. The molecule has 0 aromatic carbocycles. The summed E-state index contributed by atoms with van der Waals surface area (Å²) in [6.07, 6.45) is 2.61. The number of rotatable bonds is 8. The van der Waals surface area contributed by atoms with Crippen molar-refractivity contribution in [3.63, 3.8) is 0 Å². The van der Waals surface area contributed by atoms with E-state index in [0.717, 1.165) is 6.40 Å². The Hall–Kier alpha value is -1.30. The summed E-state index contributed by atoms with van der Waals surface area (Å²) >= 11 is 0. The lowest BCUT2D eigenvalue weighted by atomic mass is 10.4. The average molecular weight is 283 g/mol. The van der Waals surface area contributed by atoms with Crippen molar-refractivity contribution < 1.29 is 19.0 Å². The van der Waals surface area contributed by atoms with Gasteiger partial charge in [-0.15, -0.1) is 12.4 Å². The van der Waals surface area contributed by atoms with E-state index in [2.05, 4.69) is 9.73 Å². The van der Waals surface area contributed by atoms with Gasteiger partial charge < -0.3 is 14.2 Å². The molecule has 18 heavy (non-hydrogen) atoms. The van der Waals surface area contributed by atoms with Gasteiger partial charge in [-0.05, 0) is 20.8 Å². The van der Waals surface area contributed by atoms with Crippen LogP contribution in [0.1, 0.15) is 27.2 Å². The Kier molecular flexibility index (Phi) is 25.6. The number of hydrogen-bond acceptors (Lipinski definition) is 6. The molecule has 0 aliphatic rings. The van der Waals surface area contributed by atoms with Crippen LogP contribution in [0.5, 0.6) is 0 Å². The van der Waals surface area contributed by atoms with Crippen molar-refractivity contribution >= 4 is 31.2 Å². The van der Waals surface area contributed by atoms with E-state index in [4.69, 9.17) is 14.9 Å². The summed E-state index contributed by atoms with van der Waals surface area (Å²) in [7, 11) is 0. The maximum atomic E-state index is 10.7. The molecule has 1 N–H and O–H groups in total. The molecule has 0 bridgehead atoms. The number of carbonyl (C=O) groups is 1. The van der Waals surface area contributed by atoms with E-state index in [0.29, 0.717) is 32.8 Å². The van der Waals surface area contributed by atoms with E-state index in [9.17, 15) is 4.79 Å². The molecular weight excluding hydrogens is 260 g/mol. The van der Waals surface area contributed by atoms with E-state index in [-0.39, 0.29) is 18.4 Å². The molecule has 0 heterocycles. The van der Waals surface area contributed by atoms with Gasteiger partial charge in [0.2, 0.25) is 0 Å². The second-order valence-electron chi connectivity index (χ2n) is 2.60. The Morgan fingerprint density at radius 1 is 1.17 bits per heavy atom. The van der Waals surface area contributed by atoms with Crippen LogP contribution in [0.3, 0.4) is 0 Å². The standard InChI is InChI=1S/C8H15NO3.C3H7NO.ClH/c1-3-11-7-9-6-5-8(10)12-4-2;1-2-5-3-4;/h7H,3-6H2,1-2H3;3-4H,2H2,1H3;1H. The topological polar surface area (TPSA) is 81.0 Å². The SMILES string of the molecule is CCOC=N.CCOC=NCCC(=O)OCC.Cl. The molecule has 0 aliphatic heterocycles. The zero-order valence-corrected chi connectivity index (χ0v) is 12.0. The molecule has 0 aromatic rings. The molecule has 108 valence electrons. The van der Waals surface area contributed by atoms with Gasteiger partial charge in [-0.1, -0.05) is 0 Å². The molecule has 6 nitrogen and oxygen atoms in total. The largest absolute Gasteiger partial charge is 0.484 e. The fourth-order valence-electron chi connectivity index (χ4n) is 0.652. The van der Waals surface area contributed by atoms with E-state index >= 15 is 0 Å². The van der Waals surface area contributed by atoms with E-state index in [1.165, 1.54) is 6.40 Å². The Morgan fingerprint density at radius 3 is 2.17 bits per heavy atom. The van der Waals surface area contributed by atoms with E-state index < -0.39 is 0 Å². The summed E-state index contributed by atoms with van der Waals surface area (Å²) in [6.45, 7) is 7.54. The molecule has 0 amide bonds. The minimum absolute atomic E-state index is 0. The number of halogens is 1. The first-order chi connectivity index (χ1) is 8.22. The lowest BCUT2D eigenvalue weighted by Gasteiger charge is -1.97. The number of ether oxygens (including phenoxy) is 3. The third-order valence-corrected chi connectivity index (χ3v) is 1.32. The van der Waals surface area contributed by atoms with Gasteiger partial charge in [-0.3, -0.25) is 15.2 Å². The van der Waals surface area contributed by atoms with Crippen LogP contribution in [0.4, 0.5) is 0 Å². The monoisotopic (exact) mass is 282 g/mol. The number of aliphatic imine (C=N–C) groups is 1. The second kappa shape index (κ2) is 21.0. The summed E-state index contributed by atoms with van der Waals surface area (Å²) in [5.74, 6) is -0.217. The molecule has 0 spiro atoms. The molecular formula is C11H23ClN2O4.